The van der Waals surface area contributed by atoms with Gasteiger partial charge in [0.05, 0.1) is 0 Å². The Hall–Kier alpha value is -5.88. The number of unbranched alkanes of at least 4 members (excludes halogenated alkanes) is 15. The number of aryl methyl sites for hydroxylation is 2. The maximum absolute atomic E-state index is 14.6. The molecule has 7 aromatic rings. The lowest BCUT2D eigenvalue weighted by Gasteiger charge is -2.33. The molecule has 69 heavy (non-hydrogen) atoms. The predicted molar refractivity (Wildman–Crippen MR) is 285 cm³/mol. The molecule has 2 heterocycles. The van der Waals surface area contributed by atoms with E-state index in [1.165, 1.54) is 129 Å². The molecule has 2 aliphatic heterocycles. The predicted octanol–water partition coefficient (Wildman–Crippen LogP) is 16.6. The smallest absolute Gasteiger partial charge is 0.261 e. The van der Waals surface area contributed by atoms with Gasteiger partial charge < -0.3 is 0 Å². The van der Waals surface area contributed by atoms with Gasteiger partial charge in [0.1, 0.15) is 0 Å². The Labute approximate surface area is 409 Å². The van der Waals surface area contributed by atoms with Gasteiger partial charge in [-0.1, -0.05) is 178 Å². The van der Waals surface area contributed by atoms with Gasteiger partial charge in [-0.15, -0.1) is 0 Å². The van der Waals surface area contributed by atoms with Crippen LogP contribution < -0.4 is 5.32 Å². The number of carbonyl (C=O) groups excluding carboxylic acids is 4. The van der Waals surface area contributed by atoms with Gasteiger partial charge in [0.25, 0.3) is 23.6 Å². The summed E-state index contributed by atoms with van der Waals surface area (Å²) < 4.78 is 0. The summed E-state index contributed by atoms with van der Waals surface area (Å²) in [6, 6.07) is 26.0. The highest BCUT2D eigenvalue weighted by atomic mass is 16.2. The highest BCUT2D eigenvalue weighted by molar-refractivity contribution is 6.43. The summed E-state index contributed by atoms with van der Waals surface area (Å²) >= 11 is 0. The molecule has 0 atom stereocenters. The van der Waals surface area contributed by atoms with Crippen LogP contribution in [0, 0.1) is 13.8 Å². The van der Waals surface area contributed by atoms with Crippen LogP contribution in [-0.2, 0) is 5.41 Å². The van der Waals surface area contributed by atoms with Crippen molar-refractivity contribution in [2.24, 2.45) is 0 Å². The molecular formula is C63H70N2O4. The lowest BCUT2D eigenvalue weighted by molar-refractivity contribution is 0.0606. The first-order valence-electron chi connectivity index (χ1n) is 26.9. The van der Waals surface area contributed by atoms with Crippen LogP contribution in [-0.4, -0.2) is 35.1 Å². The number of imide groups is 2. The van der Waals surface area contributed by atoms with Gasteiger partial charge in [-0.3, -0.25) is 29.4 Å². The molecule has 0 aromatic heterocycles. The number of nitrogens with zero attached hydrogens (tertiary/aromatic N) is 1. The number of rotatable bonds is 22. The summed E-state index contributed by atoms with van der Waals surface area (Å²) in [6.07, 6.45) is 23.5. The maximum atomic E-state index is 14.6. The second-order valence-corrected chi connectivity index (χ2v) is 21.0. The number of hydrogen-bond acceptors (Lipinski definition) is 4. The fourth-order valence-corrected chi connectivity index (χ4v) is 13.0. The molecule has 0 spiro atoms. The summed E-state index contributed by atoms with van der Waals surface area (Å²) in [5.41, 5.74) is 11.6. The third-order valence-corrected chi connectivity index (χ3v) is 16.4. The van der Waals surface area contributed by atoms with E-state index < -0.39 is 11.8 Å². The molecule has 0 radical (unpaired) electrons. The molecule has 10 rings (SSSR count). The van der Waals surface area contributed by atoms with Crippen molar-refractivity contribution in [2.45, 2.75) is 168 Å². The summed E-state index contributed by atoms with van der Waals surface area (Å²) in [4.78, 5) is 58.4. The van der Waals surface area contributed by atoms with E-state index in [9.17, 15) is 19.2 Å². The van der Waals surface area contributed by atoms with E-state index in [1.54, 1.807) is 0 Å². The number of hydrogen-bond donors (Lipinski definition) is 1. The van der Waals surface area contributed by atoms with Crippen molar-refractivity contribution in [3.8, 4) is 22.3 Å². The van der Waals surface area contributed by atoms with E-state index in [2.05, 4.69) is 82.4 Å². The van der Waals surface area contributed by atoms with E-state index in [0.717, 1.165) is 81.1 Å². The van der Waals surface area contributed by atoms with Gasteiger partial charge in [-0.2, -0.15) is 0 Å². The fraction of sp³-hybridized carbons (Fsp3) is 0.429. The fourth-order valence-electron chi connectivity index (χ4n) is 13.0. The molecule has 0 bridgehead atoms. The Morgan fingerprint density at radius 3 is 1.59 bits per heavy atom. The van der Waals surface area contributed by atoms with E-state index in [4.69, 9.17) is 0 Å². The molecule has 1 aliphatic carbocycles. The largest absolute Gasteiger partial charge is 0.288 e. The van der Waals surface area contributed by atoms with Gasteiger partial charge in [0.2, 0.25) is 0 Å². The average molecular weight is 919 g/mol. The lowest BCUT2D eigenvalue weighted by atomic mass is 9.70. The highest BCUT2D eigenvalue weighted by Gasteiger charge is 2.43. The van der Waals surface area contributed by atoms with Crippen molar-refractivity contribution in [1.29, 1.82) is 0 Å². The normalized spacial score (nSPS) is 14.8. The number of amides is 4. The number of benzene rings is 7. The Bertz CT molecular complexity index is 3160. The summed E-state index contributed by atoms with van der Waals surface area (Å²) in [7, 11) is 0. The topological polar surface area (TPSA) is 83.6 Å². The van der Waals surface area contributed by atoms with Crippen LogP contribution >= 0.6 is 0 Å². The van der Waals surface area contributed by atoms with E-state index >= 15 is 0 Å². The molecule has 6 nitrogen and oxygen atoms in total. The van der Waals surface area contributed by atoms with Gasteiger partial charge in [-0.25, -0.2) is 0 Å². The highest BCUT2D eigenvalue weighted by Crippen LogP contribution is 2.57. The molecule has 3 aliphatic rings. The minimum absolute atomic E-state index is 0.153. The van der Waals surface area contributed by atoms with Gasteiger partial charge >= 0.3 is 0 Å². The third-order valence-electron chi connectivity index (χ3n) is 16.4. The molecule has 0 saturated carbocycles. The van der Waals surface area contributed by atoms with Gasteiger partial charge in [0, 0.05) is 45.0 Å². The second kappa shape index (κ2) is 19.5. The van der Waals surface area contributed by atoms with Crippen LogP contribution in [0.25, 0.3) is 65.3 Å². The first-order chi connectivity index (χ1) is 33.6. The molecule has 4 amide bonds. The molecule has 1 N–H and O–H groups in total. The van der Waals surface area contributed by atoms with Crippen molar-refractivity contribution in [3.05, 3.63) is 117 Å². The summed E-state index contributed by atoms with van der Waals surface area (Å²) in [5, 5.41) is 9.56. The monoisotopic (exact) mass is 919 g/mol. The molecule has 356 valence electrons. The third kappa shape index (κ3) is 7.94. The van der Waals surface area contributed by atoms with Crippen LogP contribution in [0.3, 0.4) is 0 Å². The molecule has 0 unspecified atom stereocenters. The minimum atomic E-state index is -0.396. The summed E-state index contributed by atoms with van der Waals surface area (Å²) in [5.74, 6) is -1.25. The lowest BCUT2D eigenvalue weighted by Crippen LogP contribution is -2.41. The van der Waals surface area contributed by atoms with Crippen LogP contribution in [0.2, 0.25) is 0 Å². The van der Waals surface area contributed by atoms with Crippen LogP contribution in [0.4, 0.5) is 0 Å². The van der Waals surface area contributed by atoms with Crippen molar-refractivity contribution in [2.75, 3.05) is 6.54 Å². The molecule has 7 aromatic carbocycles. The van der Waals surface area contributed by atoms with Crippen LogP contribution in [0.5, 0.6) is 0 Å². The minimum Gasteiger partial charge on any atom is -0.288 e. The van der Waals surface area contributed by atoms with Crippen LogP contribution in [0.15, 0.2) is 72.8 Å². The van der Waals surface area contributed by atoms with E-state index in [1.807, 2.05) is 30.3 Å². The zero-order valence-corrected chi connectivity index (χ0v) is 41.9. The quantitative estimate of drug-likeness (QED) is 0.0318. The molecular weight excluding hydrogens is 849 g/mol. The molecule has 0 fully saturated rings. The molecule has 0 saturated heterocycles. The number of carbonyl (C=O) groups is 4. The van der Waals surface area contributed by atoms with Crippen molar-refractivity contribution in [3.63, 3.8) is 0 Å². The standard InChI is InChI=1S/C63H70N2O4/c1-6-9-12-15-18-21-32-63(33-22-19-16-13-10-7-2)51-35-39(4)24-26-42(51)43-27-25-41(37-52(43)63)48-38-49-55-46(59(66)64-60(49)67)30-28-44-53-40(5)36-50-56-47(31-29-45(57(53)56)54(48)58(44)55)61(68)65(62(50)69)34-23-20-17-14-11-8-3/h24-31,35-38H,6-23,32-34H2,1-5H3,(H,64,66,67). The zero-order valence-electron chi connectivity index (χ0n) is 41.9. The Morgan fingerprint density at radius 2 is 0.928 bits per heavy atom. The Kier molecular flexibility index (Phi) is 13.2. The number of fused-ring (bicyclic) bond motifs is 5. The number of nitrogens with one attached hydrogen (secondary N) is 1. The maximum Gasteiger partial charge on any atom is 0.261 e. The average Bonchev–Trinajstić information content (AvgIpc) is 3.61. The van der Waals surface area contributed by atoms with Crippen molar-refractivity contribution >= 4 is 66.7 Å². The SMILES string of the molecule is CCCCCCCCN1C(=O)c2ccc3c4c(-c5ccc6c(c5)C(CCCCCCCC)(CCCCCCCC)c5cc(C)ccc5-6)cc5c6c(ccc(c7c(C)cc(c2c37)C1=O)c64)C(=O)NC5=O. The molecule has 6 heteroatoms. The first-order valence-corrected chi connectivity index (χ1v) is 26.9. The van der Waals surface area contributed by atoms with E-state index in [0.29, 0.717) is 39.6 Å². The van der Waals surface area contributed by atoms with Gasteiger partial charge in [-0.05, 0) is 135 Å². The first kappa shape index (κ1) is 46.8. The van der Waals surface area contributed by atoms with Crippen molar-refractivity contribution < 1.29 is 19.2 Å². The van der Waals surface area contributed by atoms with E-state index in [-0.39, 0.29) is 17.2 Å². The Balaban J connectivity index is 1.18. The Morgan fingerprint density at radius 1 is 0.420 bits per heavy atom. The zero-order chi connectivity index (χ0) is 48.0. The second-order valence-electron chi connectivity index (χ2n) is 21.0. The van der Waals surface area contributed by atoms with Gasteiger partial charge in [0.15, 0.2) is 0 Å². The summed E-state index contributed by atoms with van der Waals surface area (Å²) in [6.45, 7) is 11.5. The van der Waals surface area contributed by atoms with Crippen molar-refractivity contribution in [1.82, 2.24) is 10.2 Å². The van der Waals surface area contributed by atoms with Crippen LogP contribution in [0.1, 0.15) is 213 Å².